The summed E-state index contributed by atoms with van der Waals surface area (Å²) in [6.45, 7) is 5.93. The van der Waals surface area contributed by atoms with E-state index in [1.807, 2.05) is 0 Å². The predicted molar refractivity (Wildman–Crippen MR) is 119 cm³/mol. The molecule has 6 nitrogen and oxygen atoms in total. The van der Waals surface area contributed by atoms with Crippen molar-refractivity contribution in [3.63, 3.8) is 0 Å². The number of rotatable bonds is 5. The van der Waals surface area contributed by atoms with Crippen LogP contribution >= 0.6 is 11.8 Å². The van der Waals surface area contributed by atoms with Crippen LogP contribution in [0.3, 0.4) is 0 Å². The minimum absolute atomic E-state index is 0.0531. The molecule has 0 saturated carbocycles. The summed E-state index contributed by atoms with van der Waals surface area (Å²) in [6, 6.07) is 4.74. The smallest absolute Gasteiger partial charge is 0.225 e. The third kappa shape index (κ3) is 4.50. The number of thioether (sulfide) groups is 1. The number of hydrogen-bond donors (Lipinski definition) is 2. The van der Waals surface area contributed by atoms with E-state index < -0.39 is 5.54 Å². The van der Waals surface area contributed by atoms with E-state index >= 15 is 4.39 Å². The van der Waals surface area contributed by atoms with Gasteiger partial charge in [0.1, 0.15) is 11.4 Å². The molecular weight excluding hydrogens is 403 g/mol. The molecule has 0 aromatic heterocycles. The zero-order valence-electron chi connectivity index (χ0n) is 17.5. The molecule has 0 bridgehead atoms. The first-order valence-electron chi connectivity index (χ1n) is 10.9. The number of benzene rings is 1. The number of hydrogen-bond acceptors (Lipinski definition) is 6. The fourth-order valence-corrected chi connectivity index (χ4v) is 6.04. The van der Waals surface area contributed by atoms with Crippen molar-refractivity contribution in [2.45, 2.75) is 38.1 Å². The van der Waals surface area contributed by atoms with E-state index in [0.29, 0.717) is 36.1 Å². The summed E-state index contributed by atoms with van der Waals surface area (Å²) < 4.78 is 20.8. The first-order valence-corrected chi connectivity index (χ1v) is 11.8. The quantitative estimate of drug-likeness (QED) is 0.744. The van der Waals surface area contributed by atoms with Gasteiger partial charge in [-0.15, -0.1) is 0 Å². The van der Waals surface area contributed by atoms with Crippen LogP contribution in [0.2, 0.25) is 0 Å². The Bertz CT molecular complexity index is 814. The zero-order valence-corrected chi connectivity index (χ0v) is 18.3. The van der Waals surface area contributed by atoms with Crippen molar-refractivity contribution in [3.05, 3.63) is 29.6 Å². The number of nitrogens with one attached hydrogen (secondary N) is 1. The monoisotopic (exact) mass is 434 g/mol. The molecule has 1 aromatic rings. The third-order valence-electron chi connectivity index (χ3n) is 6.54. The summed E-state index contributed by atoms with van der Waals surface area (Å²) in [5.74, 6) is 0.759. The average molecular weight is 435 g/mol. The number of piperidine rings is 1. The third-order valence-corrected chi connectivity index (χ3v) is 7.46. The van der Waals surface area contributed by atoms with E-state index in [9.17, 15) is 4.79 Å². The Kier molecular flexibility index (Phi) is 6.65. The highest BCUT2D eigenvalue weighted by molar-refractivity contribution is 8.13. The summed E-state index contributed by atoms with van der Waals surface area (Å²) in [5.41, 5.74) is 6.25. The van der Waals surface area contributed by atoms with Crippen LogP contribution in [0.4, 0.5) is 10.1 Å². The van der Waals surface area contributed by atoms with Gasteiger partial charge in [-0.3, -0.25) is 4.79 Å². The molecule has 30 heavy (non-hydrogen) atoms. The lowest BCUT2D eigenvalue weighted by Crippen LogP contribution is -2.51. The Balaban J connectivity index is 1.52. The number of nitrogens with two attached hydrogens (primary N) is 1. The SMILES string of the molecule is CC1COCC2(c3cc(NC(=O)CCN4CCCCC4)ccc3F)N=C(N)SCC12. The highest BCUT2D eigenvalue weighted by Crippen LogP contribution is 2.47. The Hall–Kier alpha value is -1.64. The molecule has 0 radical (unpaired) electrons. The lowest BCUT2D eigenvalue weighted by molar-refractivity contribution is -0.116. The largest absolute Gasteiger partial charge is 0.379 e. The van der Waals surface area contributed by atoms with Crippen LogP contribution in [0, 0.1) is 17.7 Å². The summed E-state index contributed by atoms with van der Waals surface area (Å²) in [7, 11) is 0. The van der Waals surface area contributed by atoms with Gasteiger partial charge in [-0.05, 0) is 50.0 Å². The van der Waals surface area contributed by atoms with Crippen molar-refractivity contribution in [2.24, 2.45) is 22.6 Å². The summed E-state index contributed by atoms with van der Waals surface area (Å²) in [6.07, 6.45) is 4.11. The van der Waals surface area contributed by atoms with Crippen molar-refractivity contribution >= 4 is 28.5 Å². The van der Waals surface area contributed by atoms with E-state index in [2.05, 4.69) is 17.1 Å². The number of carbonyl (C=O) groups excluding carboxylic acids is 1. The second-order valence-corrected chi connectivity index (χ2v) is 9.72. The second kappa shape index (κ2) is 9.24. The number of ether oxygens (including phenoxy) is 1. The molecule has 0 aliphatic carbocycles. The number of fused-ring (bicyclic) bond motifs is 1. The molecule has 3 heterocycles. The lowest BCUT2D eigenvalue weighted by atomic mass is 9.72. The molecule has 0 spiro atoms. The van der Waals surface area contributed by atoms with E-state index in [1.165, 1.54) is 37.1 Å². The minimum atomic E-state index is -0.842. The van der Waals surface area contributed by atoms with E-state index in [-0.39, 0.29) is 23.6 Å². The molecule has 3 unspecified atom stereocenters. The molecule has 3 aliphatic heterocycles. The first-order chi connectivity index (χ1) is 14.5. The van der Waals surface area contributed by atoms with Crippen molar-refractivity contribution in [3.8, 4) is 0 Å². The molecule has 2 fully saturated rings. The zero-order chi connectivity index (χ0) is 21.1. The van der Waals surface area contributed by atoms with Crippen LogP contribution in [0.25, 0.3) is 0 Å². The van der Waals surface area contributed by atoms with Gasteiger partial charge in [0.15, 0.2) is 5.17 Å². The molecular formula is C22H31FN4O2S. The maximum atomic E-state index is 15.0. The molecule has 8 heteroatoms. The molecule has 4 rings (SSSR count). The summed E-state index contributed by atoms with van der Waals surface area (Å²) in [5, 5.41) is 3.40. The van der Waals surface area contributed by atoms with Crippen LogP contribution in [0.5, 0.6) is 0 Å². The standard InChI is InChI=1S/C22H31FN4O2S/c1-15-12-29-14-22(18(15)13-30-21(24)26-22)17-11-16(5-6-19(17)23)25-20(28)7-10-27-8-3-2-4-9-27/h5-6,11,15,18H,2-4,7-10,12-14H2,1H3,(H2,24,26)(H,25,28). The van der Waals surface area contributed by atoms with Gasteiger partial charge in [-0.1, -0.05) is 25.1 Å². The number of carbonyl (C=O) groups is 1. The number of likely N-dealkylation sites (tertiary alicyclic amines) is 1. The number of nitrogens with zero attached hydrogens (tertiary/aromatic N) is 2. The van der Waals surface area contributed by atoms with Crippen molar-refractivity contribution in [2.75, 3.05) is 43.9 Å². The topological polar surface area (TPSA) is 80.0 Å². The molecule has 164 valence electrons. The van der Waals surface area contributed by atoms with Gasteiger partial charge in [-0.25, -0.2) is 9.38 Å². The van der Waals surface area contributed by atoms with Crippen LogP contribution in [0.15, 0.2) is 23.2 Å². The van der Waals surface area contributed by atoms with Crippen molar-refractivity contribution < 1.29 is 13.9 Å². The molecule has 1 aromatic carbocycles. The van der Waals surface area contributed by atoms with E-state index in [1.54, 1.807) is 12.1 Å². The molecule has 3 atom stereocenters. The van der Waals surface area contributed by atoms with Gasteiger partial charge < -0.3 is 20.7 Å². The molecule has 3 aliphatic rings. The highest BCUT2D eigenvalue weighted by atomic mass is 32.2. The maximum Gasteiger partial charge on any atom is 0.225 e. The Labute approximate surface area is 181 Å². The number of anilines is 1. The van der Waals surface area contributed by atoms with Crippen LogP contribution in [0.1, 0.15) is 38.2 Å². The summed E-state index contributed by atoms with van der Waals surface area (Å²) in [4.78, 5) is 19.5. The molecule has 1 amide bonds. The number of amidine groups is 1. The van der Waals surface area contributed by atoms with Gasteiger partial charge in [0.05, 0.1) is 6.61 Å². The Morgan fingerprint density at radius 1 is 1.40 bits per heavy atom. The van der Waals surface area contributed by atoms with Gasteiger partial charge in [0.25, 0.3) is 0 Å². The molecule has 3 N–H and O–H groups in total. The number of halogens is 1. The van der Waals surface area contributed by atoms with Crippen molar-refractivity contribution in [1.29, 1.82) is 0 Å². The van der Waals surface area contributed by atoms with Gasteiger partial charge >= 0.3 is 0 Å². The van der Waals surface area contributed by atoms with Crippen LogP contribution in [-0.2, 0) is 15.1 Å². The van der Waals surface area contributed by atoms with Crippen LogP contribution < -0.4 is 11.1 Å². The molecule has 2 saturated heterocycles. The highest BCUT2D eigenvalue weighted by Gasteiger charge is 2.50. The fourth-order valence-electron chi connectivity index (χ4n) is 4.85. The van der Waals surface area contributed by atoms with Gasteiger partial charge in [0, 0.05) is 42.5 Å². The predicted octanol–water partition coefficient (Wildman–Crippen LogP) is 3.18. The van der Waals surface area contributed by atoms with E-state index in [4.69, 9.17) is 15.5 Å². The lowest BCUT2D eigenvalue weighted by Gasteiger charge is -2.47. The second-order valence-electron chi connectivity index (χ2n) is 8.68. The number of aliphatic imine (C=N–C) groups is 1. The van der Waals surface area contributed by atoms with Gasteiger partial charge in [0.2, 0.25) is 5.91 Å². The van der Waals surface area contributed by atoms with Gasteiger partial charge in [-0.2, -0.15) is 0 Å². The summed E-state index contributed by atoms with van der Waals surface area (Å²) >= 11 is 1.52. The maximum absolute atomic E-state index is 15.0. The minimum Gasteiger partial charge on any atom is -0.379 e. The first kappa shape index (κ1) is 21.6. The van der Waals surface area contributed by atoms with Crippen molar-refractivity contribution in [1.82, 2.24) is 4.90 Å². The Morgan fingerprint density at radius 2 is 2.20 bits per heavy atom. The normalized spacial score (nSPS) is 29.7. The Morgan fingerprint density at radius 3 is 3.00 bits per heavy atom. The fraction of sp³-hybridized carbons (Fsp3) is 0.636. The van der Waals surface area contributed by atoms with E-state index in [0.717, 1.165) is 25.4 Å². The number of amides is 1. The van der Waals surface area contributed by atoms with Crippen LogP contribution in [-0.4, -0.2) is 54.6 Å². The average Bonchev–Trinajstić information content (AvgIpc) is 2.74.